The fourth-order valence-electron chi connectivity index (χ4n) is 3.13. The molecule has 0 radical (unpaired) electrons. The van der Waals surface area contributed by atoms with Gasteiger partial charge < -0.3 is 4.74 Å². The Kier molecular flexibility index (Phi) is 5.20. The van der Waals surface area contributed by atoms with Gasteiger partial charge in [0.1, 0.15) is 11.3 Å². The summed E-state index contributed by atoms with van der Waals surface area (Å²) in [5, 5.41) is 5.16. The number of pyridine rings is 2. The van der Waals surface area contributed by atoms with Crippen molar-refractivity contribution in [3.8, 4) is 5.88 Å². The van der Waals surface area contributed by atoms with Crippen molar-refractivity contribution in [3.05, 3.63) is 39.6 Å². The number of fused-ring (bicyclic) bond motifs is 1. The fourth-order valence-corrected chi connectivity index (χ4v) is 4.78. The zero-order valence-electron chi connectivity index (χ0n) is 15.3. The van der Waals surface area contributed by atoms with Crippen molar-refractivity contribution >= 4 is 32.2 Å². The highest BCUT2D eigenvalue weighted by atomic mass is 35.5. The third-order valence-corrected chi connectivity index (χ3v) is 7.31. The molecule has 1 fully saturated rings. The minimum atomic E-state index is -3.04. The number of sulfone groups is 1. The van der Waals surface area contributed by atoms with E-state index in [2.05, 4.69) is 20.0 Å². The number of rotatable bonds is 6. The topological polar surface area (TPSA) is 118 Å². The Morgan fingerprint density at radius 3 is 2.67 bits per heavy atom. The minimum absolute atomic E-state index is 0.136. The third-order valence-electron chi connectivity index (χ3n) is 4.90. The summed E-state index contributed by atoms with van der Waals surface area (Å²) in [7, 11) is -3.04. The van der Waals surface area contributed by atoms with Gasteiger partial charge in [-0.05, 0) is 22.5 Å². The van der Waals surface area contributed by atoms with Crippen LogP contribution in [-0.2, 0) is 15.4 Å². The van der Waals surface area contributed by atoms with E-state index >= 15 is 0 Å². The molecular formula is C17H20ClN5O3S. The van der Waals surface area contributed by atoms with E-state index in [0.29, 0.717) is 34.8 Å². The van der Waals surface area contributed by atoms with E-state index in [4.69, 9.17) is 21.9 Å². The van der Waals surface area contributed by atoms with Crippen LogP contribution in [0.2, 0.25) is 5.15 Å². The number of hydrogen-bond acceptors (Lipinski definition) is 6. The standard InChI is InChI=1S/C17H20ClN5O3S/c1-4-27(24,25)11-5-10(6-11)26-16-13-8-20-15(18)7-12(13)14(9-21-16)17(2,3)22-23-19/h7-11H,4-6H2,1-3H3. The third kappa shape index (κ3) is 3.81. The molecule has 0 N–H and O–H groups in total. The summed E-state index contributed by atoms with van der Waals surface area (Å²) in [6, 6.07) is 1.68. The van der Waals surface area contributed by atoms with Crippen molar-refractivity contribution < 1.29 is 13.2 Å². The number of halogens is 1. The van der Waals surface area contributed by atoms with Crippen LogP contribution in [0.25, 0.3) is 21.2 Å². The first-order chi connectivity index (χ1) is 12.7. The minimum Gasteiger partial charge on any atom is -0.474 e. The summed E-state index contributed by atoms with van der Waals surface area (Å²) >= 11 is 6.06. The second-order valence-electron chi connectivity index (χ2n) is 7.06. The lowest BCUT2D eigenvalue weighted by Crippen LogP contribution is -2.43. The van der Waals surface area contributed by atoms with Crippen molar-refractivity contribution in [3.63, 3.8) is 0 Å². The fraction of sp³-hybridized carbons (Fsp3) is 0.529. The molecule has 2 heterocycles. The molecule has 27 heavy (non-hydrogen) atoms. The maximum absolute atomic E-state index is 11.9. The van der Waals surface area contributed by atoms with Crippen LogP contribution in [0.1, 0.15) is 39.2 Å². The molecule has 0 unspecified atom stereocenters. The predicted molar refractivity (Wildman–Crippen MR) is 104 cm³/mol. The van der Waals surface area contributed by atoms with Crippen LogP contribution < -0.4 is 4.74 Å². The average Bonchev–Trinajstić information content (AvgIpc) is 2.56. The van der Waals surface area contributed by atoms with Gasteiger partial charge in [0.15, 0.2) is 9.84 Å². The Bertz CT molecular complexity index is 1030. The van der Waals surface area contributed by atoms with Crippen LogP contribution in [-0.4, -0.2) is 35.5 Å². The number of ether oxygens (including phenoxy) is 1. The lowest BCUT2D eigenvalue weighted by atomic mass is 9.92. The molecule has 1 aliphatic carbocycles. The van der Waals surface area contributed by atoms with Crippen LogP contribution in [0.4, 0.5) is 0 Å². The van der Waals surface area contributed by atoms with E-state index in [1.54, 1.807) is 39.2 Å². The molecule has 3 rings (SSSR count). The second-order valence-corrected chi connectivity index (χ2v) is 10.0. The van der Waals surface area contributed by atoms with Gasteiger partial charge in [-0.1, -0.05) is 37.5 Å². The van der Waals surface area contributed by atoms with E-state index in [-0.39, 0.29) is 17.1 Å². The van der Waals surface area contributed by atoms with E-state index in [9.17, 15) is 8.42 Å². The normalized spacial score (nSPS) is 20.0. The van der Waals surface area contributed by atoms with Gasteiger partial charge in [-0.15, -0.1) is 0 Å². The molecule has 2 aromatic rings. The first kappa shape index (κ1) is 19.7. The summed E-state index contributed by atoms with van der Waals surface area (Å²) in [6.45, 7) is 5.21. The highest BCUT2D eigenvalue weighted by molar-refractivity contribution is 7.92. The Labute approximate surface area is 162 Å². The van der Waals surface area contributed by atoms with E-state index in [1.165, 1.54) is 0 Å². The van der Waals surface area contributed by atoms with Crippen molar-refractivity contribution in [2.24, 2.45) is 5.11 Å². The molecule has 0 saturated heterocycles. The number of aromatic nitrogens is 2. The van der Waals surface area contributed by atoms with Crippen molar-refractivity contribution in [2.45, 2.75) is 50.5 Å². The molecule has 1 aliphatic rings. The van der Waals surface area contributed by atoms with Gasteiger partial charge in [-0.25, -0.2) is 18.4 Å². The molecule has 0 amide bonds. The number of hydrogen-bond donors (Lipinski definition) is 0. The van der Waals surface area contributed by atoms with Gasteiger partial charge in [0, 0.05) is 35.9 Å². The Morgan fingerprint density at radius 1 is 1.33 bits per heavy atom. The molecule has 0 aromatic carbocycles. The molecule has 10 heteroatoms. The first-order valence-corrected chi connectivity index (χ1v) is 10.7. The maximum atomic E-state index is 11.9. The number of azide groups is 1. The molecule has 1 saturated carbocycles. The van der Waals surface area contributed by atoms with E-state index < -0.39 is 15.4 Å². The first-order valence-electron chi connectivity index (χ1n) is 8.57. The summed E-state index contributed by atoms with van der Waals surface area (Å²) in [6.07, 6.45) is 3.85. The van der Waals surface area contributed by atoms with Crippen molar-refractivity contribution in [1.82, 2.24) is 9.97 Å². The van der Waals surface area contributed by atoms with Crippen LogP contribution in [0.5, 0.6) is 5.88 Å². The average molecular weight is 410 g/mol. The van der Waals surface area contributed by atoms with Gasteiger partial charge in [0.05, 0.1) is 16.2 Å². The van der Waals surface area contributed by atoms with Crippen LogP contribution >= 0.6 is 11.6 Å². The Balaban J connectivity index is 1.94. The predicted octanol–water partition coefficient (Wildman–Crippen LogP) is 4.17. The zero-order chi connectivity index (χ0) is 19.8. The molecule has 0 bridgehead atoms. The molecule has 0 spiro atoms. The van der Waals surface area contributed by atoms with Gasteiger partial charge in [0.2, 0.25) is 5.88 Å². The van der Waals surface area contributed by atoms with E-state index in [1.807, 2.05) is 0 Å². The van der Waals surface area contributed by atoms with Gasteiger partial charge in [-0.3, -0.25) is 0 Å². The zero-order valence-corrected chi connectivity index (χ0v) is 16.8. The van der Waals surface area contributed by atoms with Crippen molar-refractivity contribution in [2.75, 3.05) is 5.75 Å². The molecule has 2 aromatic heterocycles. The maximum Gasteiger partial charge on any atom is 0.223 e. The highest BCUT2D eigenvalue weighted by Gasteiger charge is 2.39. The van der Waals surface area contributed by atoms with Crippen molar-refractivity contribution in [1.29, 1.82) is 0 Å². The van der Waals surface area contributed by atoms with Gasteiger partial charge >= 0.3 is 0 Å². The summed E-state index contributed by atoms with van der Waals surface area (Å²) in [4.78, 5) is 11.4. The number of nitrogens with zero attached hydrogens (tertiary/aromatic N) is 5. The smallest absolute Gasteiger partial charge is 0.223 e. The summed E-state index contributed by atoms with van der Waals surface area (Å²) in [5.41, 5.74) is 8.71. The molecule has 8 nitrogen and oxygen atoms in total. The largest absolute Gasteiger partial charge is 0.474 e. The summed E-state index contributed by atoms with van der Waals surface area (Å²) in [5.74, 6) is 0.504. The Morgan fingerprint density at radius 2 is 2.04 bits per heavy atom. The quantitative estimate of drug-likeness (QED) is 0.307. The molecule has 144 valence electrons. The Hall–Kier alpha value is -2.09. The molecule has 0 aliphatic heterocycles. The van der Waals surface area contributed by atoms with E-state index in [0.717, 1.165) is 5.39 Å². The lowest BCUT2D eigenvalue weighted by Gasteiger charge is -2.34. The molecular weight excluding hydrogens is 390 g/mol. The van der Waals surface area contributed by atoms with Crippen LogP contribution in [0.15, 0.2) is 23.6 Å². The monoisotopic (exact) mass is 409 g/mol. The lowest BCUT2D eigenvalue weighted by molar-refractivity contribution is 0.119. The summed E-state index contributed by atoms with van der Waals surface area (Å²) < 4.78 is 29.8. The van der Waals surface area contributed by atoms with Crippen LogP contribution in [0.3, 0.4) is 0 Å². The molecule has 0 atom stereocenters. The van der Waals surface area contributed by atoms with Gasteiger partial charge in [-0.2, -0.15) is 0 Å². The van der Waals surface area contributed by atoms with Crippen LogP contribution in [0, 0.1) is 0 Å². The highest BCUT2D eigenvalue weighted by Crippen LogP contribution is 2.37. The van der Waals surface area contributed by atoms with Gasteiger partial charge in [0.25, 0.3) is 0 Å². The second kappa shape index (κ2) is 7.14. The SMILES string of the molecule is CCS(=O)(=O)C1CC(Oc2ncc(C(C)(C)N=[N+]=[N-])c3cc(Cl)ncc23)C1.